The van der Waals surface area contributed by atoms with Gasteiger partial charge in [0, 0.05) is 24.7 Å². The van der Waals surface area contributed by atoms with E-state index in [1.54, 1.807) is 30.8 Å². The number of nitrogens with zero attached hydrogens (tertiary/aromatic N) is 2. The molecule has 8 heteroatoms. The van der Waals surface area contributed by atoms with Crippen LogP contribution in [0.1, 0.15) is 11.3 Å². The molecule has 0 spiro atoms. The second kappa shape index (κ2) is 5.80. The number of carbonyl (C=O) groups excluding carboxylic acids is 3. The minimum absolute atomic E-state index is 0.0662. The molecule has 24 heavy (non-hydrogen) atoms. The van der Waals surface area contributed by atoms with Gasteiger partial charge < -0.3 is 0 Å². The van der Waals surface area contributed by atoms with Crippen molar-refractivity contribution in [2.45, 2.75) is 13.3 Å². The number of nitrogens with one attached hydrogen (secondary N) is 2. The van der Waals surface area contributed by atoms with E-state index >= 15 is 0 Å². The van der Waals surface area contributed by atoms with E-state index in [9.17, 15) is 19.2 Å². The van der Waals surface area contributed by atoms with Gasteiger partial charge in [-0.05, 0) is 19.1 Å². The van der Waals surface area contributed by atoms with Crippen molar-refractivity contribution in [1.82, 2.24) is 20.0 Å². The summed E-state index contributed by atoms with van der Waals surface area (Å²) in [7, 11) is 1.73. The Morgan fingerprint density at radius 1 is 1.00 bits per heavy atom. The van der Waals surface area contributed by atoms with E-state index in [2.05, 4.69) is 0 Å². The molecule has 0 radical (unpaired) electrons. The van der Waals surface area contributed by atoms with Gasteiger partial charge in [0.05, 0.1) is 5.69 Å². The van der Waals surface area contributed by atoms with E-state index in [1.807, 2.05) is 28.8 Å². The van der Waals surface area contributed by atoms with Crippen molar-refractivity contribution in [3.8, 4) is 5.69 Å². The molecule has 0 saturated carbocycles. The van der Waals surface area contributed by atoms with E-state index in [4.69, 9.17) is 0 Å². The lowest BCUT2D eigenvalue weighted by atomic mass is 9.97. The number of carbonyl (C=O) groups is 3. The van der Waals surface area contributed by atoms with Crippen molar-refractivity contribution in [2.75, 3.05) is 0 Å². The standard InChI is InChI=1S/C16H16N4O4/c1-9-11(8-12-13(21)17-16(24)18-14(12)22)15(23)20(19(9)2)10-6-4-3-5-7-10/h3-7,12H,8H2,1-2H3,(H2,17,18,21,22,24). The lowest BCUT2D eigenvalue weighted by molar-refractivity contribution is -0.135. The van der Waals surface area contributed by atoms with E-state index in [0.717, 1.165) is 0 Å². The first-order valence-corrected chi connectivity index (χ1v) is 7.38. The van der Waals surface area contributed by atoms with Gasteiger partial charge in [0.1, 0.15) is 5.92 Å². The summed E-state index contributed by atoms with van der Waals surface area (Å²) < 4.78 is 3.16. The Morgan fingerprint density at radius 3 is 2.17 bits per heavy atom. The fourth-order valence-corrected chi connectivity index (χ4v) is 2.80. The SMILES string of the molecule is Cc1c(CC2C(=O)NC(=O)NC2=O)c(=O)n(-c2ccccc2)n1C. The molecule has 1 saturated heterocycles. The molecule has 2 aromatic rings. The van der Waals surface area contributed by atoms with Crippen LogP contribution in [0.4, 0.5) is 4.79 Å². The van der Waals surface area contributed by atoms with Crippen molar-refractivity contribution in [3.05, 3.63) is 51.9 Å². The highest BCUT2D eigenvalue weighted by molar-refractivity contribution is 6.16. The van der Waals surface area contributed by atoms with Gasteiger partial charge in [0.25, 0.3) is 5.56 Å². The van der Waals surface area contributed by atoms with Crippen LogP contribution in [0.2, 0.25) is 0 Å². The predicted molar refractivity (Wildman–Crippen MR) is 84.6 cm³/mol. The van der Waals surface area contributed by atoms with Crippen molar-refractivity contribution in [1.29, 1.82) is 0 Å². The number of para-hydroxylation sites is 1. The largest absolute Gasteiger partial charge is 0.328 e. The molecule has 3 rings (SSSR count). The Morgan fingerprint density at radius 2 is 1.58 bits per heavy atom. The molecule has 124 valence electrons. The molecule has 0 atom stereocenters. The summed E-state index contributed by atoms with van der Waals surface area (Å²) in [6.07, 6.45) is -0.0662. The average molecular weight is 328 g/mol. The summed E-state index contributed by atoms with van der Waals surface area (Å²) >= 11 is 0. The molecule has 1 aromatic carbocycles. The molecule has 2 N–H and O–H groups in total. The minimum Gasteiger partial charge on any atom is -0.285 e. The lowest BCUT2D eigenvalue weighted by Gasteiger charge is -2.19. The summed E-state index contributed by atoms with van der Waals surface area (Å²) in [5, 5.41) is 4.09. The van der Waals surface area contributed by atoms with E-state index in [-0.39, 0.29) is 12.0 Å². The first-order valence-electron chi connectivity index (χ1n) is 7.38. The zero-order chi connectivity index (χ0) is 17.4. The van der Waals surface area contributed by atoms with Crippen molar-refractivity contribution >= 4 is 17.8 Å². The van der Waals surface area contributed by atoms with Gasteiger partial charge in [-0.1, -0.05) is 18.2 Å². The Kier molecular flexibility index (Phi) is 3.80. The minimum atomic E-state index is -1.11. The Labute approximate surface area is 137 Å². The molecule has 1 aromatic heterocycles. The topological polar surface area (TPSA) is 102 Å². The van der Waals surface area contributed by atoms with E-state index in [0.29, 0.717) is 16.9 Å². The monoisotopic (exact) mass is 328 g/mol. The zero-order valence-corrected chi connectivity index (χ0v) is 13.2. The molecular formula is C16H16N4O4. The number of hydrogen-bond donors (Lipinski definition) is 2. The van der Waals surface area contributed by atoms with Crippen LogP contribution in [0.15, 0.2) is 35.1 Å². The number of barbiturate groups is 1. The number of hydrogen-bond acceptors (Lipinski definition) is 4. The first kappa shape index (κ1) is 15.7. The Bertz CT molecular complexity index is 875. The molecule has 0 aliphatic carbocycles. The van der Waals surface area contributed by atoms with Crippen LogP contribution in [0, 0.1) is 12.8 Å². The molecule has 0 bridgehead atoms. The van der Waals surface area contributed by atoms with Crippen LogP contribution in [-0.2, 0) is 23.1 Å². The maximum atomic E-state index is 12.8. The van der Waals surface area contributed by atoms with Crippen LogP contribution >= 0.6 is 0 Å². The number of imide groups is 2. The summed E-state index contributed by atoms with van der Waals surface area (Å²) in [4.78, 5) is 47.7. The summed E-state index contributed by atoms with van der Waals surface area (Å²) in [6, 6.07) is 8.23. The van der Waals surface area contributed by atoms with Gasteiger partial charge in [-0.15, -0.1) is 0 Å². The van der Waals surface area contributed by atoms with Crippen LogP contribution in [0.25, 0.3) is 5.69 Å². The highest BCUT2D eigenvalue weighted by Gasteiger charge is 2.35. The van der Waals surface area contributed by atoms with Crippen LogP contribution in [0.3, 0.4) is 0 Å². The quantitative estimate of drug-likeness (QED) is 0.775. The molecular weight excluding hydrogens is 312 g/mol. The summed E-state index contributed by atoms with van der Waals surface area (Å²) in [5.74, 6) is -2.50. The molecule has 0 unspecified atom stereocenters. The Hall–Kier alpha value is -3.16. The van der Waals surface area contributed by atoms with E-state index < -0.39 is 23.8 Å². The van der Waals surface area contributed by atoms with Crippen molar-refractivity contribution in [2.24, 2.45) is 13.0 Å². The predicted octanol–water partition coefficient (Wildman–Crippen LogP) is 0.00912. The van der Waals surface area contributed by atoms with Crippen molar-refractivity contribution < 1.29 is 14.4 Å². The third-order valence-corrected chi connectivity index (χ3v) is 4.19. The van der Waals surface area contributed by atoms with Crippen LogP contribution < -0.4 is 16.2 Å². The number of urea groups is 1. The normalized spacial score (nSPS) is 15.3. The number of aromatic nitrogens is 2. The second-order valence-corrected chi connectivity index (χ2v) is 5.60. The highest BCUT2D eigenvalue weighted by Crippen LogP contribution is 2.15. The molecule has 1 fully saturated rings. The average Bonchev–Trinajstić information content (AvgIpc) is 2.74. The molecule has 1 aliphatic rings. The Balaban J connectivity index is 2.01. The van der Waals surface area contributed by atoms with Gasteiger partial charge in [0.15, 0.2) is 0 Å². The number of rotatable bonds is 3. The fourth-order valence-electron chi connectivity index (χ4n) is 2.80. The lowest BCUT2D eigenvalue weighted by Crippen LogP contribution is -2.56. The number of benzene rings is 1. The van der Waals surface area contributed by atoms with E-state index in [1.165, 1.54) is 4.68 Å². The summed E-state index contributed by atoms with van der Waals surface area (Å²) in [5.41, 5.74) is 1.41. The molecule has 4 amide bonds. The summed E-state index contributed by atoms with van der Waals surface area (Å²) in [6.45, 7) is 1.75. The third kappa shape index (κ3) is 2.51. The number of amides is 4. The zero-order valence-electron chi connectivity index (χ0n) is 13.2. The fraction of sp³-hybridized carbons (Fsp3) is 0.250. The van der Waals surface area contributed by atoms with Gasteiger partial charge in [-0.2, -0.15) is 0 Å². The van der Waals surface area contributed by atoms with Crippen molar-refractivity contribution in [3.63, 3.8) is 0 Å². The third-order valence-electron chi connectivity index (χ3n) is 4.19. The van der Waals surface area contributed by atoms with Gasteiger partial charge in [0.2, 0.25) is 11.8 Å². The highest BCUT2D eigenvalue weighted by atomic mass is 16.2. The second-order valence-electron chi connectivity index (χ2n) is 5.60. The first-order chi connectivity index (χ1) is 11.4. The van der Waals surface area contributed by atoms with Crippen LogP contribution in [-0.4, -0.2) is 27.2 Å². The maximum Gasteiger partial charge on any atom is 0.328 e. The van der Waals surface area contributed by atoms with Crippen LogP contribution in [0.5, 0.6) is 0 Å². The molecule has 1 aliphatic heterocycles. The van der Waals surface area contributed by atoms with Gasteiger partial charge in [-0.25, -0.2) is 9.48 Å². The molecule has 8 nitrogen and oxygen atoms in total. The van der Waals surface area contributed by atoms with Gasteiger partial charge in [-0.3, -0.25) is 29.7 Å². The molecule has 2 heterocycles. The maximum absolute atomic E-state index is 12.8. The van der Waals surface area contributed by atoms with Gasteiger partial charge >= 0.3 is 6.03 Å². The smallest absolute Gasteiger partial charge is 0.285 e.